The molecule has 51 heavy (non-hydrogen) atoms. The summed E-state index contributed by atoms with van der Waals surface area (Å²) in [5.74, 6) is -1.05. The van der Waals surface area contributed by atoms with Gasteiger partial charge in [-0.25, -0.2) is 0 Å². The zero-order chi connectivity index (χ0) is 37.3. The third-order valence-electron chi connectivity index (χ3n) is 8.85. The van der Waals surface area contributed by atoms with Crippen molar-refractivity contribution in [3.05, 3.63) is 48.6 Å². The van der Waals surface area contributed by atoms with Gasteiger partial charge in [0.25, 0.3) is 0 Å². The van der Waals surface area contributed by atoms with E-state index in [4.69, 9.17) is 14.2 Å². The number of rotatable bonds is 37. The monoisotopic (exact) mass is 715 g/mol. The van der Waals surface area contributed by atoms with Crippen LogP contribution in [0.5, 0.6) is 0 Å². The molecular weight excluding hydrogens is 636 g/mol. The molecule has 1 atom stereocenters. The molecule has 0 saturated carbocycles. The normalized spacial score (nSPS) is 12.5. The van der Waals surface area contributed by atoms with Crippen molar-refractivity contribution in [3.63, 3.8) is 0 Å². The van der Waals surface area contributed by atoms with E-state index in [-0.39, 0.29) is 31.6 Å². The van der Waals surface area contributed by atoms with Crippen LogP contribution >= 0.6 is 0 Å². The van der Waals surface area contributed by atoms with Crippen LogP contribution in [-0.2, 0) is 28.6 Å². The number of unbranched alkanes of at least 4 members (excludes halogenated alkanes) is 19. The summed E-state index contributed by atoms with van der Waals surface area (Å²) in [5, 5.41) is 0. The van der Waals surface area contributed by atoms with Gasteiger partial charge in [-0.2, -0.15) is 0 Å². The third-order valence-corrected chi connectivity index (χ3v) is 8.85. The fourth-order valence-electron chi connectivity index (χ4n) is 5.67. The van der Waals surface area contributed by atoms with Crippen LogP contribution in [0.4, 0.5) is 0 Å². The quantitative estimate of drug-likeness (QED) is 0.0276. The summed E-state index contributed by atoms with van der Waals surface area (Å²) in [4.78, 5) is 37.4. The summed E-state index contributed by atoms with van der Waals surface area (Å²) in [6.45, 7) is 6.37. The predicted molar refractivity (Wildman–Crippen MR) is 215 cm³/mol. The van der Waals surface area contributed by atoms with Crippen molar-refractivity contribution in [1.82, 2.24) is 0 Å². The van der Waals surface area contributed by atoms with Crippen molar-refractivity contribution < 1.29 is 28.6 Å². The molecule has 0 spiro atoms. The molecular formula is C45H78O6. The minimum Gasteiger partial charge on any atom is -0.462 e. The first-order valence-corrected chi connectivity index (χ1v) is 21.1. The Balaban J connectivity index is 4.39. The van der Waals surface area contributed by atoms with Gasteiger partial charge in [0.2, 0.25) is 0 Å². The Bertz CT molecular complexity index is 918. The number of allylic oxidation sites excluding steroid dienone is 7. The summed E-state index contributed by atoms with van der Waals surface area (Å²) in [6, 6.07) is 0. The maximum Gasteiger partial charge on any atom is 0.310 e. The average molecular weight is 715 g/mol. The van der Waals surface area contributed by atoms with Crippen LogP contribution in [0, 0.1) is 0 Å². The van der Waals surface area contributed by atoms with Gasteiger partial charge in [-0.3, -0.25) is 14.4 Å². The van der Waals surface area contributed by atoms with E-state index < -0.39 is 12.1 Å². The molecule has 0 aliphatic heterocycles. The second kappa shape index (κ2) is 40.1. The predicted octanol–water partition coefficient (Wildman–Crippen LogP) is 13.2. The highest BCUT2D eigenvalue weighted by Crippen LogP contribution is 2.13. The Hall–Kier alpha value is -2.63. The van der Waals surface area contributed by atoms with Crippen molar-refractivity contribution in [2.45, 2.75) is 207 Å². The molecule has 6 nitrogen and oxygen atoms in total. The Morgan fingerprint density at radius 1 is 0.431 bits per heavy atom. The minimum atomic E-state index is -0.817. The molecule has 0 N–H and O–H groups in total. The van der Waals surface area contributed by atoms with Crippen molar-refractivity contribution >= 4 is 17.9 Å². The Morgan fingerprint density at radius 2 is 0.824 bits per heavy atom. The van der Waals surface area contributed by atoms with Crippen molar-refractivity contribution in [3.8, 4) is 0 Å². The SMILES string of the molecule is CC/C=C\C/C=C\C/C=C\CC(=O)OC(COC(=O)CCCCCCCCC/C=C\CCCCCC)COC(=O)CCCCCCCCCCC. The van der Waals surface area contributed by atoms with Gasteiger partial charge in [0, 0.05) is 12.8 Å². The first kappa shape index (κ1) is 48.4. The van der Waals surface area contributed by atoms with E-state index in [1.165, 1.54) is 103 Å². The number of ether oxygens (including phenoxy) is 3. The minimum absolute atomic E-state index is 0.107. The van der Waals surface area contributed by atoms with Gasteiger partial charge >= 0.3 is 17.9 Å². The number of esters is 3. The van der Waals surface area contributed by atoms with Crippen LogP contribution in [-0.4, -0.2) is 37.2 Å². The molecule has 0 saturated heterocycles. The molecule has 1 unspecified atom stereocenters. The highest BCUT2D eigenvalue weighted by Gasteiger charge is 2.19. The van der Waals surface area contributed by atoms with Crippen LogP contribution in [0.15, 0.2) is 48.6 Å². The maximum atomic E-state index is 12.5. The topological polar surface area (TPSA) is 78.9 Å². The molecule has 0 radical (unpaired) electrons. The lowest BCUT2D eigenvalue weighted by Crippen LogP contribution is -2.30. The lowest BCUT2D eigenvalue weighted by Gasteiger charge is -2.18. The largest absolute Gasteiger partial charge is 0.462 e. The zero-order valence-electron chi connectivity index (χ0n) is 33.4. The second-order valence-corrected chi connectivity index (χ2v) is 13.9. The fourth-order valence-corrected chi connectivity index (χ4v) is 5.67. The maximum absolute atomic E-state index is 12.5. The summed E-state index contributed by atoms with van der Waals surface area (Å²) in [7, 11) is 0. The van der Waals surface area contributed by atoms with Crippen molar-refractivity contribution in [2.24, 2.45) is 0 Å². The van der Waals surface area contributed by atoms with Crippen LogP contribution in [0.25, 0.3) is 0 Å². The molecule has 0 amide bonds. The smallest absolute Gasteiger partial charge is 0.310 e. The van der Waals surface area contributed by atoms with Gasteiger partial charge in [-0.15, -0.1) is 0 Å². The molecule has 0 aliphatic carbocycles. The lowest BCUT2D eigenvalue weighted by molar-refractivity contribution is -0.166. The lowest BCUT2D eigenvalue weighted by atomic mass is 10.1. The number of carbonyl (C=O) groups excluding carboxylic acids is 3. The van der Waals surface area contributed by atoms with Gasteiger partial charge in [0.1, 0.15) is 13.2 Å². The average Bonchev–Trinajstić information content (AvgIpc) is 3.12. The third kappa shape index (κ3) is 38.4. The molecule has 0 aromatic rings. The van der Waals surface area contributed by atoms with E-state index in [0.29, 0.717) is 12.8 Å². The molecule has 0 rings (SSSR count). The first-order valence-electron chi connectivity index (χ1n) is 21.1. The number of hydrogen-bond donors (Lipinski definition) is 0. The van der Waals surface area contributed by atoms with Gasteiger partial charge in [0.15, 0.2) is 6.10 Å². The summed E-state index contributed by atoms with van der Waals surface area (Å²) >= 11 is 0. The van der Waals surface area contributed by atoms with Gasteiger partial charge in [-0.05, 0) is 57.8 Å². The van der Waals surface area contributed by atoms with E-state index in [9.17, 15) is 14.4 Å². The summed E-state index contributed by atoms with van der Waals surface area (Å²) in [5.41, 5.74) is 0. The van der Waals surface area contributed by atoms with Crippen LogP contribution < -0.4 is 0 Å². The highest BCUT2D eigenvalue weighted by atomic mass is 16.6. The Labute approximate surface area is 314 Å². The van der Waals surface area contributed by atoms with Crippen LogP contribution in [0.1, 0.15) is 201 Å². The fraction of sp³-hybridized carbons (Fsp3) is 0.756. The number of carbonyl (C=O) groups is 3. The zero-order valence-corrected chi connectivity index (χ0v) is 33.4. The van der Waals surface area contributed by atoms with Gasteiger partial charge in [0.05, 0.1) is 6.42 Å². The molecule has 0 aliphatic rings. The van der Waals surface area contributed by atoms with E-state index >= 15 is 0 Å². The molecule has 294 valence electrons. The van der Waals surface area contributed by atoms with E-state index in [1.807, 2.05) is 6.08 Å². The molecule has 0 bridgehead atoms. The van der Waals surface area contributed by atoms with E-state index in [0.717, 1.165) is 57.8 Å². The molecule has 6 heteroatoms. The molecule has 0 heterocycles. The van der Waals surface area contributed by atoms with Gasteiger partial charge in [-0.1, -0.05) is 172 Å². The molecule has 0 aromatic carbocycles. The summed E-state index contributed by atoms with van der Waals surface area (Å²) < 4.78 is 16.5. The molecule has 0 fully saturated rings. The van der Waals surface area contributed by atoms with E-state index in [2.05, 4.69) is 57.2 Å². The first-order chi connectivity index (χ1) is 25.0. The standard InChI is InChI=1S/C45H78O6/c1-4-7-10-13-16-19-20-21-22-23-24-27-29-32-35-38-44(47)50-41-42(51-45(48)39-36-33-30-26-18-15-12-9-6-3)40-49-43(46)37-34-31-28-25-17-14-11-8-5-2/h9,12,18-20,26,33,36,42H,4-8,10-11,13-17,21-25,27-32,34-35,37-41H2,1-3H3/b12-9-,20-19-,26-18-,36-33-. The van der Waals surface area contributed by atoms with Gasteiger partial charge < -0.3 is 14.2 Å². The summed E-state index contributed by atoms with van der Waals surface area (Å²) in [6.07, 6.45) is 45.6. The Morgan fingerprint density at radius 3 is 1.29 bits per heavy atom. The van der Waals surface area contributed by atoms with Crippen molar-refractivity contribution in [2.75, 3.05) is 13.2 Å². The highest BCUT2D eigenvalue weighted by molar-refractivity contribution is 5.72. The van der Waals surface area contributed by atoms with Crippen molar-refractivity contribution in [1.29, 1.82) is 0 Å². The number of hydrogen-bond acceptors (Lipinski definition) is 6. The Kier molecular flexibility index (Phi) is 38.1. The second-order valence-electron chi connectivity index (χ2n) is 13.9. The molecule has 0 aromatic heterocycles. The van der Waals surface area contributed by atoms with Crippen LogP contribution in [0.2, 0.25) is 0 Å². The van der Waals surface area contributed by atoms with E-state index in [1.54, 1.807) is 6.08 Å². The van der Waals surface area contributed by atoms with Crippen LogP contribution in [0.3, 0.4) is 0 Å².